The highest BCUT2D eigenvalue weighted by molar-refractivity contribution is 7.89. The van der Waals surface area contributed by atoms with E-state index in [1.165, 1.54) is 35.5 Å². The second kappa shape index (κ2) is 15.5. The number of azo groups is 1. The lowest BCUT2D eigenvalue weighted by molar-refractivity contribution is 0.0854. The van der Waals surface area contributed by atoms with Gasteiger partial charge >= 0.3 is 0 Å². The van der Waals surface area contributed by atoms with Gasteiger partial charge in [-0.1, -0.05) is 40.0 Å². The van der Waals surface area contributed by atoms with E-state index in [1.807, 2.05) is 6.92 Å². The monoisotopic (exact) mass is 561 g/mol. The van der Waals surface area contributed by atoms with Crippen molar-refractivity contribution in [2.45, 2.75) is 64.8 Å². The molecule has 1 unspecified atom stereocenters. The van der Waals surface area contributed by atoms with E-state index in [9.17, 15) is 18.3 Å². The van der Waals surface area contributed by atoms with Crippen LogP contribution in [0.15, 0.2) is 44.2 Å². The zero-order chi connectivity index (χ0) is 29.0. The van der Waals surface area contributed by atoms with Crippen molar-refractivity contribution < 1.29 is 23.4 Å². The first-order valence-electron chi connectivity index (χ1n) is 13.2. The Labute approximate surface area is 230 Å². The Balaban J connectivity index is 2.31. The summed E-state index contributed by atoms with van der Waals surface area (Å²) in [5.41, 5.74) is -0.418. The van der Waals surface area contributed by atoms with E-state index in [4.69, 9.17) is 16.4 Å². The molecule has 1 heterocycles. The van der Waals surface area contributed by atoms with Gasteiger partial charge in [-0.2, -0.15) is 9.42 Å². The van der Waals surface area contributed by atoms with Crippen LogP contribution in [0.2, 0.25) is 0 Å². The maximum absolute atomic E-state index is 13.3. The number of hydrogen-bond donors (Lipinski definition) is 2. The first kappa shape index (κ1) is 32.1. The van der Waals surface area contributed by atoms with Crippen LogP contribution in [0.5, 0.6) is 5.88 Å². The highest BCUT2D eigenvalue weighted by atomic mass is 32.2. The molecular formula is C27H39N5O6S. The first-order chi connectivity index (χ1) is 18.7. The van der Waals surface area contributed by atoms with Crippen molar-refractivity contribution in [2.75, 3.05) is 32.9 Å². The molecule has 1 aromatic carbocycles. The number of aromatic hydroxyl groups is 1. The van der Waals surface area contributed by atoms with Crippen LogP contribution in [0.25, 0.3) is 4.85 Å². The van der Waals surface area contributed by atoms with Gasteiger partial charge in [0.15, 0.2) is 0 Å². The molecule has 0 saturated heterocycles. The molecule has 11 nitrogen and oxygen atoms in total. The maximum atomic E-state index is 13.3. The predicted molar refractivity (Wildman–Crippen MR) is 150 cm³/mol. The largest absolute Gasteiger partial charge is 0.493 e. The van der Waals surface area contributed by atoms with Gasteiger partial charge in [0.2, 0.25) is 15.9 Å². The van der Waals surface area contributed by atoms with E-state index >= 15 is 0 Å². The van der Waals surface area contributed by atoms with Crippen molar-refractivity contribution in [3.05, 3.63) is 51.6 Å². The van der Waals surface area contributed by atoms with Gasteiger partial charge in [-0.05, 0) is 49.1 Å². The lowest BCUT2D eigenvalue weighted by Crippen LogP contribution is -2.35. The summed E-state index contributed by atoms with van der Waals surface area (Å²) in [6.07, 6.45) is 4.04. The Kier molecular flexibility index (Phi) is 12.7. The molecule has 2 rings (SSSR count). The molecule has 0 aliphatic heterocycles. The molecule has 0 aliphatic rings. The minimum Gasteiger partial charge on any atom is -0.493 e. The van der Waals surface area contributed by atoms with Gasteiger partial charge in [0.1, 0.15) is 5.69 Å². The molecule has 1 atom stereocenters. The van der Waals surface area contributed by atoms with Crippen LogP contribution in [0, 0.1) is 19.4 Å². The van der Waals surface area contributed by atoms with Crippen molar-refractivity contribution in [3.8, 4) is 5.88 Å². The summed E-state index contributed by atoms with van der Waals surface area (Å²) in [6, 6.07) is 5.96. The molecular weight excluding hydrogens is 522 g/mol. The summed E-state index contributed by atoms with van der Waals surface area (Å²) in [7, 11) is -3.69. The predicted octanol–water partition coefficient (Wildman–Crippen LogP) is 5.06. The number of aliphatic hydroxyl groups excluding tert-OH is 1. The minimum absolute atomic E-state index is 0.0351. The van der Waals surface area contributed by atoms with Crippen LogP contribution in [0.4, 0.5) is 17.1 Å². The molecule has 0 radical (unpaired) electrons. The van der Waals surface area contributed by atoms with Gasteiger partial charge in [0, 0.05) is 13.1 Å². The maximum Gasteiger partial charge on any atom is 0.260 e. The lowest BCUT2D eigenvalue weighted by atomic mass is 9.99. The Morgan fingerprint density at radius 3 is 2.41 bits per heavy atom. The molecule has 0 aliphatic carbocycles. The molecule has 0 bridgehead atoms. The minimum atomic E-state index is -3.69. The topological polar surface area (TPSA) is 138 Å². The number of nitrogens with zero attached hydrogens (tertiary/aromatic N) is 5. The summed E-state index contributed by atoms with van der Waals surface area (Å²) < 4.78 is 34.2. The number of ether oxygens (including phenoxy) is 1. The summed E-state index contributed by atoms with van der Waals surface area (Å²) in [6.45, 7) is 15.6. The summed E-state index contributed by atoms with van der Waals surface area (Å²) in [5, 5.41) is 27.7. The summed E-state index contributed by atoms with van der Waals surface area (Å²) in [4.78, 5) is 16.1. The fourth-order valence-corrected chi connectivity index (χ4v) is 5.64. The second-order valence-electron chi connectivity index (χ2n) is 9.12. The van der Waals surface area contributed by atoms with Crippen molar-refractivity contribution in [1.29, 1.82) is 0 Å². The number of aromatic nitrogens is 1. The number of hydrogen-bond acceptors (Lipinski definition) is 8. The van der Waals surface area contributed by atoms with E-state index in [2.05, 4.69) is 28.9 Å². The Bertz CT molecular complexity index is 1320. The average molecular weight is 562 g/mol. The van der Waals surface area contributed by atoms with E-state index in [0.717, 1.165) is 30.3 Å². The molecule has 0 amide bonds. The van der Waals surface area contributed by atoms with E-state index in [0.29, 0.717) is 24.7 Å². The third kappa shape index (κ3) is 8.19. The zero-order valence-electron chi connectivity index (χ0n) is 23.1. The van der Waals surface area contributed by atoms with Crippen molar-refractivity contribution in [2.24, 2.45) is 16.1 Å². The molecule has 2 aromatic rings. The van der Waals surface area contributed by atoms with Crippen LogP contribution >= 0.6 is 0 Å². The van der Waals surface area contributed by atoms with Crippen LogP contribution in [-0.2, 0) is 21.3 Å². The SMILES string of the molecule is [C-]#[N+]c1c(C)c(/N=N/c2ccc(S(=O)(=O)N(CC)CC(CC)CCCC)cc2)c(O)n(CCOCCO)c1=O. The van der Waals surface area contributed by atoms with Crippen LogP contribution in [0.1, 0.15) is 52.0 Å². The van der Waals surface area contributed by atoms with E-state index in [1.54, 1.807) is 0 Å². The van der Waals surface area contributed by atoms with Gasteiger partial charge in [0.25, 0.3) is 11.2 Å². The molecule has 2 N–H and O–H groups in total. The fourth-order valence-electron chi connectivity index (χ4n) is 4.12. The Morgan fingerprint density at radius 1 is 1.15 bits per heavy atom. The van der Waals surface area contributed by atoms with Gasteiger partial charge < -0.3 is 14.9 Å². The van der Waals surface area contributed by atoms with Gasteiger partial charge in [0.05, 0.1) is 43.5 Å². The molecule has 214 valence electrons. The first-order valence-corrected chi connectivity index (χ1v) is 14.6. The summed E-state index contributed by atoms with van der Waals surface area (Å²) in [5.74, 6) is -0.166. The lowest BCUT2D eigenvalue weighted by Gasteiger charge is -2.25. The number of pyridine rings is 1. The number of sulfonamides is 1. The highest BCUT2D eigenvalue weighted by Crippen LogP contribution is 2.35. The number of benzene rings is 1. The van der Waals surface area contributed by atoms with Crippen LogP contribution < -0.4 is 5.56 Å². The molecule has 0 fully saturated rings. The molecule has 12 heteroatoms. The third-order valence-electron chi connectivity index (χ3n) is 6.53. The van der Waals surface area contributed by atoms with Crippen LogP contribution in [0.3, 0.4) is 0 Å². The molecule has 1 aromatic heterocycles. The van der Waals surface area contributed by atoms with E-state index in [-0.39, 0.29) is 48.2 Å². The van der Waals surface area contributed by atoms with Gasteiger partial charge in [-0.15, -0.1) is 5.11 Å². The fraction of sp³-hybridized carbons (Fsp3) is 0.556. The summed E-state index contributed by atoms with van der Waals surface area (Å²) >= 11 is 0. The quantitative estimate of drug-likeness (QED) is 0.167. The second-order valence-corrected chi connectivity index (χ2v) is 11.1. The normalized spacial score (nSPS) is 12.7. The zero-order valence-corrected chi connectivity index (χ0v) is 23.9. The van der Waals surface area contributed by atoms with Crippen molar-refractivity contribution >= 4 is 27.1 Å². The van der Waals surface area contributed by atoms with E-state index < -0.39 is 21.5 Å². The van der Waals surface area contributed by atoms with Gasteiger partial charge in [-0.3, -0.25) is 9.36 Å². The molecule has 0 spiro atoms. The standard InChI is InChI=1S/C27H39N5O6S/c1-6-9-10-21(7-2)19-31(8-3)39(36,37)23-13-11-22(12-14-23)29-30-25-20(4)24(28-5)26(34)32(27(25)35)15-17-38-18-16-33/h11-14,21,33,35H,6-10,15-19H2,1-4H3/b30-29+. The molecule has 0 saturated carbocycles. The van der Waals surface area contributed by atoms with Gasteiger partial charge in [-0.25, -0.2) is 13.3 Å². The number of unbranched alkanes of at least 4 members (excludes halogenated alkanes) is 1. The average Bonchev–Trinajstić information content (AvgIpc) is 2.93. The van der Waals surface area contributed by atoms with Crippen molar-refractivity contribution in [3.63, 3.8) is 0 Å². The third-order valence-corrected chi connectivity index (χ3v) is 8.49. The molecule has 39 heavy (non-hydrogen) atoms. The number of rotatable bonds is 16. The highest BCUT2D eigenvalue weighted by Gasteiger charge is 2.25. The van der Waals surface area contributed by atoms with Crippen molar-refractivity contribution in [1.82, 2.24) is 8.87 Å². The Morgan fingerprint density at radius 2 is 1.85 bits per heavy atom. The number of aliphatic hydroxyl groups is 1. The Hall–Kier alpha value is -3.11. The van der Waals surface area contributed by atoms with Crippen LogP contribution in [-0.4, -0.2) is 60.4 Å². The smallest absolute Gasteiger partial charge is 0.260 e.